The smallest absolute Gasteiger partial charge is 0.262 e. The predicted octanol–water partition coefficient (Wildman–Crippen LogP) is 3.74. The number of pyridine rings is 1. The van der Waals surface area contributed by atoms with Crippen LogP contribution in [-0.4, -0.2) is 21.2 Å². The number of nitrogens with zero attached hydrogens (tertiary/aromatic N) is 3. The van der Waals surface area contributed by atoms with Crippen LogP contribution in [0, 0.1) is 6.92 Å². The molecule has 0 fully saturated rings. The Bertz CT molecular complexity index is 1160. The molecule has 6 heteroatoms. The number of benzene rings is 2. The minimum absolute atomic E-state index is 0.244. The van der Waals surface area contributed by atoms with Crippen LogP contribution in [0.2, 0.25) is 0 Å². The Labute approximate surface area is 155 Å². The van der Waals surface area contributed by atoms with Gasteiger partial charge in [0.15, 0.2) is 5.65 Å². The number of anilines is 1. The summed E-state index contributed by atoms with van der Waals surface area (Å²) in [6.45, 7) is 2.02. The molecule has 27 heavy (non-hydrogen) atoms. The fraction of sp³-hybridized carbons (Fsp3) is 0.0476. The van der Waals surface area contributed by atoms with E-state index in [9.17, 15) is 4.79 Å². The van der Waals surface area contributed by atoms with Crippen molar-refractivity contribution in [2.45, 2.75) is 6.92 Å². The maximum Gasteiger partial charge on any atom is 0.262 e. The topological polar surface area (TPSA) is 83.0 Å². The van der Waals surface area contributed by atoms with Crippen molar-refractivity contribution in [2.75, 3.05) is 5.43 Å². The normalized spacial score (nSPS) is 11.1. The Balaban J connectivity index is 1.69. The largest absolute Gasteiger partial charge is 0.291 e. The van der Waals surface area contributed by atoms with Crippen molar-refractivity contribution in [3.05, 3.63) is 88.3 Å². The molecule has 0 aliphatic carbocycles. The van der Waals surface area contributed by atoms with Crippen molar-refractivity contribution in [3.8, 4) is 11.1 Å². The number of hydrogen-bond acceptors (Lipinski definition) is 5. The second-order valence-electron chi connectivity index (χ2n) is 6.12. The molecule has 4 aromatic rings. The average Bonchev–Trinajstić information content (AvgIpc) is 2.69. The predicted molar refractivity (Wildman–Crippen MR) is 108 cm³/mol. The Hall–Kier alpha value is -3.80. The lowest BCUT2D eigenvalue weighted by Gasteiger charge is -2.07. The van der Waals surface area contributed by atoms with Crippen LogP contribution < -0.4 is 11.0 Å². The third-order valence-electron chi connectivity index (χ3n) is 4.15. The van der Waals surface area contributed by atoms with Gasteiger partial charge in [-0.25, -0.2) is 10.4 Å². The molecule has 0 aliphatic rings. The lowest BCUT2D eigenvalue weighted by atomic mass is 10.0. The molecule has 0 amide bonds. The van der Waals surface area contributed by atoms with Crippen molar-refractivity contribution in [2.24, 2.45) is 5.10 Å². The summed E-state index contributed by atoms with van der Waals surface area (Å²) in [5, 5.41) is 4.57. The van der Waals surface area contributed by atoms with Crippen LogP contribution in [0.4, 0.5) is 5.95 Å². The second kappa shape index (κ2) is 7.21. The first kappa shape index (κ1) is 16.7. The third-order valence-corrected chi connectivity index (χ3v) is 4.15. The van der Waals surface area contributed by atoms with Crippen LogP contribution in [0.25, 0.3) is 22.2 Å². The highest BCUT2D eigenvalue weighted by Gasteiger charge is 2.11. The minimum atomic E-state index is -0.263. The zero-order valence-electron chi connectivity index (χ0n) is 14.7. The summed E-state index contributed by atoms with van der Waals surface area (Å²) in [4.78, 5) is 24.0. The van der Waals surface area contributed by atoms with Gasteiger partial charge in [0.1, 0.15) is 0 Å². The number of hydrogen-bond donors (Lipinski definition) is 2. The highest BCUT2D eigenvalue weighted by atomic mass is 16.1. The van der Waals surface area contributed by atoms with Crippen molar-refractivity contribution in [1.29, 1.82) is 0 Å². The van der Waals surface area contributed by atoms with E-state index in [-0.39, 0.29) is 11.5 Å². The van der Waals surface area contributed by atoms with Crippen LogP contribution in [-0.2, 0) is 0 Å². The van der Waals surface area contributed by atoms with Gasteiger partial charge in [0.05, 0.1) is 11.6 Å². The number of fused-ring (bicyclic) bond motifs is 1. The van der Waals surface area contributed by atoms with Gasteiger partial charge in [-0.2, -0.15) is 10.1 Å². The number of H-pyrrole nitrogens is 1. The second-order valence-corrected chi connectivity index (χ2v) is 6.12. The summed E-state index contributed by atoms with van der Waals surface area (Å²) in [6, 6.07) is 19.5. The first-order valence-corrected chi connectivity index (χ1v) is 8.51. The lowest BCUT2D eigenvalue weighted by molar-refractivity contribution is 1.10. The Morgan fingerprint density at radius 2 is 1.81 bits per heavy atom. The first-order valence-electron chi connectivity index (χ1n) is 8.51. The fourth-order valence-corrected chi connectivity index (χ4v) is 2.80. The molecule has 2 heterocycles. The van der Waals surface area contributed by atoms with E-state index in [0.717, 1.165) is 22.3 Å². The molecule has 0 radical (unpaired) electrons. The average molecular weight is 355 g/mol. The Morgan fingerprint density at radius 1 is 1.04 bits per heavy atom. The molecule has 0 unspecified atom stereocenters. The monoisotopic (exact) mass is 355 g/mol. The Kier molecular flexibility index (Phi) is 4.45. The van der Waals surface area contributed by atoms with E-state index in [1.54, 1.807) is 12.4 Å². The maximum absolute atomic E-state index is 12.7. The van der Waals surface area contributed by atoms with Gasteiger partial charge in [-0.15, -0.1) is 0 Å². The number of hydrazone groups is 1. The summed E-state index contributed by atoms with van der Waals surface area (Å²) in [5.41, 5.74) is 6.71. The van der Waals surface area contributed by atoms with Crippen LogP contribution in [0.1, 0.15) is 11.1 Å². The fourth-order valence-electron chi connectivity index (χ4n) is 2.80. The van der Waals surface area contributed by atoms with Crippen LogP contribution >= 0.6 is 0 Å². The highest BCUT2D eigenvalue weighted by Crippen LogP contribution is 2.24. The molecule has 0 spiro atoms. The van der Waals surface area contributed by atoms with Gasteiger partial charge in [0, 0.05) is 6.20 Å². The summed E-state index contributed by atoms with van der Waals surface area (Å²) >= 11 is 0. The van der Waals surface area contributed by atoms with E-state index in [2.05, 4.69) is 25.5 Å². The molecular formula is C21H17N5O. The molecule has 132 valence electrons. The van der Waals surface area contributed by atoms with E-state index in [4.69, 9.17) is 0 Å². The molecule has 0 saturated carbocycles. The van der Waals surface area contributed by atoms with Crippen molar-refractivity contribution in [3.63, 3.8) is 0 Å². The zero-order valence-corrected chi connectivity index (χ0v) is 14.7. The maximum atomic E-state index is 12.7. The highest BCUT2D eigenvalue weighted by molar-refractivity contribution is 5.92. The molecular weight excluding hydrogens is 338 g/mol. The molecule has 0 saturated heterocycles. The standard InChI is InChI=1S/C21H17N5O/c1-14-7-9-16(10-8-14)17-11-12-22-19-18(17)20(27)25-21(24-19)26-23-13-15-5-3-2-4-6-15/h2-13H,1H3,(H2,22,24,25,26,27)/b23-13+. The van der Waals surface area contributed by atoms with Gasteiger partial charge in [0.25, 0.3) is 5.56 Å². The van der Waals surface area contributed by atoms with E-state index in [1.165, 1.54) is 0 Å². The molecule has 2 aromatic carbocycles. The van der Waals surface area contributed by atoms with Crippen LogP contribution in [0.5, 0.6) is 0 Å². The number of aryl methyl sites for hydroxylation is 1. The molecule has 2 N–H and O–H groups in total. The lowest BCUT2D eigenvalue weighted by Crippen LogP contribution is -2.13. The van der Waals surface area contributed by atoms with Gasteiger partial charge < -0.3 is 0 Å². The summed E-state index contributed by atoms with van der Waals surface area (Å²) in [6.07, 6.45) is 3.31. The van der Waals surface area contributed by atoms with E-state index < -0.39 is 0 Å². The molecule has 6 nitrogen and oxygen atoms in total. The summed E-state index contributed by atoms with van der Waals surface area (Å²) < 4.78 is 0. The van der Waals surface area contributed by atoms with Gasteiger partial charge >= 0.3 is 0 Å². The van der Waals surface area contributed by atoms with E-state index >= 15 is 0 Å². The molecule has 2 aromatic heterocycles. The molecule has 0 bridgehead atoms. The van der Waals surface area contributed by atoms with Gasteiger partial charge in [0.2, 0.25) is 5.95 Å². The third kappa shape index (κ3) is 3.59. The van der Waals surface area contributed by atoms with Gasteiger partial charge in [-0.1, -0.05) is 60.2 Å². The van der Waals surface area contributed by atoms with Crippen LogP contribution in [0.15, 0.2) is 76.8 Å². The summed E-state index contributed by atoms with van der Waals surface area (Å²) in [5.74, 6) is 0.244. The zero-order chi connectivity index (χ0) is 18.6. The van der Waals surface area contributed by atoms with Crippen molar-refractivity contribution in [1.82, 2.24) is 15.0 Å². The van der Waals surface area contributed by atoms with Crippen LogP contribution in [0.3, 0.4) is 0 Å². The van der Waals surface area contributed by atoms with Gasteiger partial charge in [-0.3, -0.25) is 9.78 Å². The first-order chi connectivity index (χ1) is 13.2. The quantitative estimate of drug-likeness (QED) is 0.431. The minimum Gasteiger partial charge on any atom is -0.291 e. The number of rotatable bonds is 4. The number of nitrogens with one attached hydrogen (secondary N) is 2. The number of aromatic nitrogens is 3. The molecule has 0 aliphatic heterocycles. The van der Waals surface area contributed by atoms with Crippen molar-refractivity contribution < 1.29 is 0 Å². The van der Waals surface area contributed by atoms with Gasteiger partial charge in [-0.05, 0) is 29.7 Å². The Morgan fingerprint density at radius 3 is 2.59 bits per heavy atom. The van der Waals surface area contributed by atoms with E-state index in [0.29, 0.717) is 11.0 Å². The number of aromatic amines is 1. The molecule has 4 rings (SSSR count). The SMILES string of the molecule is Cc1ccc(-c2ccnc3nc(N/N=C/c4ccccc4)[nH]c(=O)c23)cc1. The summed E-state index contributed by atoms with van der Waals surface area (Å²) in [7, 11) is 0. The van der Waals surface area contributed by atoms with E-state index in [1.807, 2.05) is 67.6 Å². The van der Waals surface area contributed by atoms with Crippen molar-refractivity contribution >= 4 is 23.2 Å². The molecule has 0 atom stereocenters.